The van der Waals surface area contributed by atoms with E-state index < -0.39 is 33.7 Å². The van der Waals surface area contributed by atoms with Crippen molar-refractivity contribution in [3.63, 3.8) is 0 Å². The molecule has 5 nitrogen and oxygen atoms in total. The van der Waals surface area contributed by atoms with Crippen LogP contribution >= 0.6 is 0 Å². The highest BCUT2D eigenvalue weighted by Gasteiger charge is 2.32. The molecule has 2 aromatic rings. The SMILES string of the molecule is CC(NC(=O)C1CCN(S(=O)(=O)/C=C/c2ccccc2)CC1)c1cccc(C(F)(F)F)c1. The highest BCUT2D eigenvalue weighted by Crippen LogP contribution is 2.31. The van der Waals surface area contributed by atoms with Crippen LogP contribution < -0.4 is 5.32 Å². The second-order valence-corrected chi connectivity index (χ2v) is 9.60. The second kappa shape index (κ2) is 9.87. The molecule has 1 fully saturated rings. The van der Waals surface area contributed by atoms with Gasteiger partial charge in [-0.1, -0.05) is 42.5 Å². The molecule has 3 rings (SSSR count). The maximum atomic E-state index is 12.9. The number of amides is 1. The van der Waals surface area contributed by atoms with E-state index in [0.29, 0.717) is 18.4 Å². The van der Waals surface area contributed by atoms with E-state index in [1.807, 2.05) is 18.2 Å². The van der Waals surface area contributed by atoms with E-state index in [0.717, 1.165) is 17.7 Å². The van der Waals surface area contributed by atoms with E-state index in [9.17, 15) is 26.4 Å². The number of halogens is 3. The summed E-state index contributed by atoms with van der Waals surface area (Å²) < 4.78 is 65.2. The van der Waals surface area contributed by atoms with Gasteiger partial charge in [0.15, 0.2) is 0 Å². The molecule has 1 unspecified atom stereocenters. The summed E-state index contributed by atoms with van der Waals surface area (Å²) in [6.07, 6.45) is -2.23. The minimum absolute atomic E-state index is 0.206. The number of nitrogens with one attached hydrogen (secondary N) is 1. The van der Waals surface area contributed by atoms with Gasteiger partial charge in [0.05, 0.1) is 11.6 Å². The summed E-state index contributed by atoms with van der Waals surface area (Å²) >= 11 is 0. The first kappa shape index (κ1) is 24.0. The maximum absolute atomic E-state index is 12.9. The number of hydrogen-bond donors (Lipinski definition) is 1. The van der Waals surface area contributed by atoms with Crippen molar-refractivity contribution in [3.05, 3.63) is 76.7 Å². The van der Waals surface area contributed by atoms with Crippen LogP contribution in [0.15, 0.2) is 60.0 Å². The molecular weight excluding hydrogens is 441 g/mol. The molecule has 1 saturated heterocycles. The van der Waals surface area contributed by atoms with Crippen LogP contribution in [-0.2, 0) is 21.0 Å². The Labute approximate surface area is 186 Å². The van der Waals surface area contributed by atoms with Crippen LogP contribution in [0.2, 0.25) is 0 Å². The van der Waals surface area contributed by atoms with Gasteiger partial charge in [0.1, 0.15) is 0 Å². The fourth-order valence-corrected chi connectivity index (χ4v) is 4.81. The van der Waals surface area contributed by atoms with Crippen molar-refractivity contribution >= 4 is 22.0 Å². The molecule has 0 saturated carbocycles. The molecule has 32 heavy (non-hydrogen) atoms. The molecule has 0 aliphatic carbocycles. The van der Waals surface area contributed by atoms with Crippen molar-refractivity contribution in [1.82, 2.24) is 9.62 Å². The molecular formula is C23H25F3N2O3S. The number of carbonyl (C=O) groups is 1. The number of piperidine rings is 1. The Kier molecular flexibility index (Phi) is 7.40. The summed E-state index contributed by atoms with van der Waals surface area (Å²) in [4.78, 5) is 12.6. The van der Waals surface area contributed by atoms with Gasteiger partial charge >= 0.3 is 6.18 Å². The molecule has 1 aliphatic heterocycles. The third-order valence-corrected chi connectivity index (χ3v) is 7.05. The molecule has 9 heteroatoms. The van der Waals surface area contributed by atoms with Gasteiger partial charge in [0, 0.05) is 24.4 Å². The molecule has 172 valence electrons. The molecule has 0 radical (unpaired) electrons. The third-order valence-electron chi connectivity index (χ3n) is 5.49. The van der Waals surface area contributed by atoms with Crippen molar-refractivity contribution in [2.75, 3.05) is 13.1 Å². The monoisotopic (exact) mass is 466 g/mol. The first-order valence-corrected chi connectivity index (χ1v) is 11.8. The number of nitrogens with zero attached hydrogens (tertiary/aromatic N) is 1. The standard InChI is InChI=1S/C23H25F3N2O3S/c1-17(20-8-5-9-21(16-20)23(24,25)26)27-22(29)19-10-13-28(14-11-19)32(30,31)15-12-18-6-3-2-4-7-18/h2-9,12,15-17,19H,10-11,13-14H2,1H3,(H,27,29)/b15-12+. The lowest BCUT2D eigenvalue weighted by molar-refractivity contribution is -0.137. The summed E-state index contributed by atoms with van der Waals surface area (Å²) in [6, 6.07) is 13.3. The van der Waals surface area contributed by atoms with Crippen LogP contribution in [0, 0.1) is 5.92 Å². The lowest BCUT2D eigenvalue weighted by Gasteiger charge is -2.30. The molecule has 1 atom stereocenters. The maximum Gasteiger partial charge on any atom is 0.416 e. The Morgan fingerprint density at radius 2 is 1.75 bits per heavy atom. The molecule has 0 bridgehead atoms. The average molecular weight is 467 g/mol. The summed E-state index contributed by atoms with van der Waals surface area (Å²) in [5.41, 5.74) is 0.367. The van der Waals surface area contributed by atoms with Crippen LogP contribution in [-0.4, -0.2) is 31.7 Å². The molecule has 1 amide bonds. The zero-order chi connectivity index (χ0) is 23.4. The van der Waals surface area contributed by atoms with Crippen molar-refractivity contribution in [1.29, 1.82) is 0 Å². The smallest absolute Gasteiger partial charge is 0.349 e. The minimum Gasteiger partial charge on any atom is -0.349 e. The van der Waals surface area contributed by atoms with E-state index in [4.69, 9.17) is 0 Å². The van der Waals surface area contributed by atoms with Crippen molar-refractivity contribution in [3.8, 4) is 0 Å². The van der Waals surface area contributed by atoms with E-state index in [-0.39, 0.29) is 19.0 Å². The first-order valence-electron chi connectivity index (χ1n) is 10.3. The molecule has 1 heterocycles. The molecule has 0 spiro atoms. The van der Waals surface area contributed by atoms with E-state index in [1.54, 1.807) is 19.1 Å². The topological polar surface area (TPSA) is 66.5 Å². The van der Waals surface area contributed by atoms with Crippen LogP contribution in [0.4, 0.5) is 13.2 Å². The summed E-state index contributed by atoms with van der Waals surface area (Å²) in [5, 5.41) is 3.92. The van der Waals surface area contributed by atoms with Gasteiger partial charge in [-0.2, -0.15) is 17.5 Å². The Hall–Kier alpha value is -2.65. The summed E-state index contributed by atoms with van der Waals surface area (Å²) in [5.74, 6) is -0.681. The van der Waals surface area contributed by atoms with Gasteiger partial charge < -0.3 is 5.32 Å². The zero-order valence-electron chi connectivity index (χ0n) is 17.5. The fourth-order valence-electron chi connectivity index (χ4n) is 3.59. The van der Waals surface area contributed by atoms with Gasteiger partial charge in [-0.25, -0.2) is 8.42 Å². The molecule has 2 aromatic carbocycles. The lowest BCUT2D eigenvalue weighted by atomic mass is 9.96. The Morgan fingerprint density at radius 3 is 2.38 bits per heavy atom. The van der Waals surface area contributed by atoms with Crippen LogP contribution in [0.3, 0.4) is 0 Å². The largest absolute Gasteiger partial charge is 0.416 e. The Balaban J connectivity index is 1.56. The van der Waals surface area contributed by atoms with Crippen molar-refractivity contribution in [2.24, 2.45) is 5.92 Å². The van der Waals surface area contributed by atoms with Crippen LogP contribution in [0.1, 0.15) is 42.5 Å². The number of benzene rings is 2. The Bertz CT molecular complexity index is 1060. The second-order valence-electron chi connectivity index (χ2n) is 7.79. The lowest BCUT2D eigenvalue weighted by Crippen LogP contribution is -2.42. The summed E-state index contributed by atoms with van der Waals surface area (Å²) in [7, 11) is -3.60. The number of alkyl halides is 3. The van der Waals surface area contributed by atoms with Gasteiger partial charge in [-0.3, -0.25) is 4.79 Å². The zero-order valence-corrected chi connectivity index (χ0v) is 18.4. The van der Waals surface area contributed by atoms with E-state index in [1.165, 1.54) is 27.9 Å². The number of rotatable bonds is 6. The highest BCUT2D eigenvalue weighted by atomic mass is 32.2. The molecule has 1 N–H and O–H groups in total. The predicted octanol–water partition coefficient (Wildman–Crippen LogP) is 4.60. The predicted molar refractivity (Wildman–Crippen MR) is 117 cm³/mol. The van der Waals surface area contributed by atoms with E-state index in [2.05, 4.69) is 5.32 Å². The quantitative estimate of drug-likeness (QED) is 0.677. The Morgan fingerprint density at radius 1 is 1.09 bits per heavy atom. The van der Waals surface area contributed by atoms with Crippen LogP contribution in [0.25, 0.3) is 6.08 Å². The molecule has 1 aliphatic rings. The van der Waals surface area contributed by atoms with Gasteiger partial charge in [0.25, 0.3) is 0 Å². The average Bonchev–Trinajstić information content (AvgIpc) is 2.78. The van der Waals surface area contributed by atoms with Crippen molar-refractivity contribution in [2.45, 2.75) is 32.0 Å². The third kappa shape index (κ3) is 6.20. The highest BCUT2D eigenvalue weighted by molar-refractivity contribution is 7.92. The van der Waals surface area contributed by atoms with Gasteiger partial charge in [-0.15, -0.1) is 0 Å². The normalized spacial score (nSPS) is 17.4. The number of carbonyl (C=O) groups excluding carboxylic acids is 1. The van der Waals surface area contributed by atoms with Gasteiger partial charge in [0.2, 0.25) is 15.9 Å². The minimum atomic E-state index is -4.45. The number of sulfonamides is 1. The van der Waals surface area contributed by atoms with E-state index >= 15 is 0 Å². The number of hydrogen-bond acceptors (Lipinski definition) is 3. The first-order chi connectivity index (χ1) is 15.1. The molecule has 0 aromatic heterocycles. The van der Waals surface area contributed by atoms with Crippen LogP contribution in [0.5, 0.6) is 0 Å². The fraction of sp³-hybridized carbons (Fsp3) is 0.348. The van der Waals surface area contributed by atoms with Gasteiger partial charge in [-0.05, 0) is 49.1 Å². The van der Waals surface area contributed by atoms with Crippen molar-refractivity contribution < 1.29 is 26.4 Å². The summed E-state index contributed by atoms with van der Waals surface area (Å²) in [6.45, 7) is 2.04.